The van der Waals surface area contributed by atoms with Crippen molar-refractivity contribution >= 4 is 83.7 Å². The van der Waals surface area contributed by atoms with Gasteiger partial charge in [-0.3, -0.25) is 0 Å². The van der Waals surface area contributed by atoms with Crippen molar-refractivity contribution in [2.75, 3.05) is 4.90 Å². The molecule has 266 valence electrons. The van der Waals surface area contributed by atoms with Gasteiger partial charge in [-0.15, -0.1) is 0 Å². The molecule has 0 aliphatic carbocycles. The molecule has 3 heteroatoms. The average Bonchev–Trinajstić information content (AvgIpc) is 3.75. The summed E-state index contributed by atoms with van der Waals surface area (Å²) >= 11 is 0. The molecule has 2 aromatic heterocycles. The molecule has 0 N–H and O–H groups in total. The fourth-order valence-corrected chi connectivity index (χ4v) is 9.10. The van der Waals surface area contributed by atoms with Crippen molar-refractivity contribution in [1.82, 2.24) is 4.57 Å². The number of aromatic nitrogens is 1. The van der Waals surface area contributed by atoms with Crippen molar-refractivity contribution in [3.63, 3.8) is 0 Å². The molecule has 12 rings (SSSR count). The molecule has 1 aliphatic rings. The van der Waals surface area contributed by atoms with Gasteiger partial charge in [0.2, 0.25) is 0 Å². The van der Waals surface area contributed by atoms with Crippen LogP contribution in [0.4, 0.5) is 17.1 Å². The molecule has 1 aliphatic heterocycles. The van der Waals surface area contributed by atoms with E-state index < -0.39 is 0 Å². The zero-order valence-corrected chi connectivity index (χ0v) is 30.9. The van der Waals surface area contributed by atoms with Crippen molar-refractivity contribution in [2.45, 2.75) is 0 Å². The number of nitrogens with zero attached hydrogens (tertiary/aromatic N) is 2. The lowest BCUT2D eigenvalue weighted by atomic mass is 9.96. The van der Waals surface area contributed by atoms with Gasteiger partial charge in [0.05, 0.1) is 22.4 Å². The normalized spacial score (nSPS) is 12.1. The quantitative estimate of drug-likeness (QED) is 0.176. The van der Waals surface area contributed by atoms with Crippen LogP contribution in [-0.4, -0.2) is 4.57 Å². The lowest BCUT2D eigenvalue weighted by molar-refractivity contribution is 0.669. The van der Waals surface area contributed by atoms with Crippen molar-refractivity contribution in [2.24, 2.45) is 0 Å². The van der Waals surface area contributed by atoms with Crippen LogP contribution in [0.2, 0.25) is 0 Å². The number of rotatable bonds is 5. The van der Waals surface area contributed by atoms with Gasteiger partial charge in [0.1, 0.15) is 11.2 Å². The molecule has 3 heterocycles. The summed E-state index contributed by atoms with van der Waals surface area (Å²) in [5, 5.41) is 7.18. The Morgan fingerprint density at radius 2 is 1.11 bits per heavy atom. The Bertz CT molecular complexity index is 3390. The predicted octanol–water partition coefficient (Wildman–Crippen LogP) is 15.1. The minimum atomic E-state index is 0.914. The summed E-state index contributed by atoms with van der Waals surface area (Å²) in [6.45, 7) is 0. The molecule has 11 aromatic rings. The topological polar surface area (TPSA) is 21.3 Å². The Morgan fingerprint density at radius 1 is 0.421 bits per heavy atom. The molecular weight excluding hydrogens is 693 g/mol. The van der Waals surface area contributed by atoms with E-state index in [1.165, 1.54) is 55.0 Å². The van der Waals surface area contributed by atoms with Crippen LogP contribution in [0.5, 0.6) is 0 Å². The van der Waals surface area contributed by atoms with Gasteiger partial charge < -0.3 is 13.9 Å². The van der Waals surface area contributed by atoms with Gasteiger partial charge in [0, 0.05) is 38.5 Å². The molecule has 57 heavy (non-hydrogen) atoms. The van der Waals surface area contributed by atoms with Crippen LogP contribution in [-0.2, 0) is 0 Å². The van der Waals surface area contributed by atoms with E-state index in [9.17, 15) is 0 Å². The summed E-state index contributed by atoms with van der Waals surface area (Å²) in [6.07, 6.45) is 4.59. The molecule has 0 spiro atoms. The molecule has 0 amide bonds. The Morgan fingerprint density at radius 3 is 1.95 bits per heavy atom. The Balaban J connectivity index is 1.03. The van der Waals surface area contributed by atoms with Crippen molar-refractivity contribution in [3.05, 3.63) is 205 Å². The molecule has 0 fully saturated rings. The summed E-state index contributed by atoms with van der Waals surface area (Å²) in [7, 11) is 0. The Labute approximate surface area is 329 Å². The highest BCUT2D eigenvalue weighted by Crippen LogP contribution is 2.45. The molecule has 0 atom stereocenters. The van der Waals surface area contributed by atoms with E-state index in [2.05, 4.69) is 204 Å². The third-order valence-electron chi connectivity index (χ3n) is 11.7. The molecule has 0 unspecified atom stereocenters. The van der Waals surface area contributed by atoms with E-state index in [1.807, 2.05) is 12.1 Å². The van der Waals surface area contributed by atoms with Crippen molar-refractivity contribution in [1.29, 1.82) is 0 Å². The monoisotopic (exact) mass is 726 g/mol. The van der Waals surface area contributed by atoms with E-state index in [1.54, 1.807) is 0 Å². The predicted molar refractivity (Wildman–Crippen MR) is 240 cm³/mol. The molecule has 9 aromatic carbocycles. The summed E-state index contributed by atoms with van der Waals surface area (Å²) < 4.78 is 8.71. The van der Waals surface area contributed by atoms with Gasteiger partial charge in [-0.2, -0.15) is 0 Å². The van der Waals surface area contributed by atoms with Crippen LogP contribution in [0.15, 0.2) is 199 Å². The molecule has 0 bridgehead atoms. The SMILES string of the molecule is C1=Cc2cccc3c4ccccc4n(c23)-c2cccc(N(c3ccc(-c4ccccc4)cc3)c3ccc(-c4cccc5cc6oc7ccccc7c6cc45)cc3)c21. The van der Waals surface area contributed by atoms with Gasteiger partial charge in [-0.1, -0.05) is 146 Å². The number of furan rings is 1. The van der Waals surface area contributed by atoms with E-state index in [-0.39, 0.29) is 0 Å². The van der Waals surface area contributed by atoms with Crippen LogP contribution in [0.1, 0.15) is 11.1 Å². The van der Waals surface area contributed by atoms with Crippen LogP contribution in [0.3, 0.4) is 0 Å². The summed E-state index contributed by atoms with van der Waals surface area (Å²) in [4.78, 5) is 2.41. The van der Waals surface area contributed by atoms with Gasteiger partial charge in [0.25, 0.3) is 0 Å². The standard InChI is InChI=1S/C54H34N2O/c1-2-11-35(12-3-1)36-23-28-40(29-24-36)55(50-20-10-21-51-46(50)32-27-38-13-8-18-45-43-15-4-6-19-49(43)56(51)54(38)45)41-30-25-37(26-31-41)42-17-9-14-39-33-53-48(34-47(39)42)44-16-5-7-22-52(44)57-53/h1-34H. The Kier molecular flexibility index (Phi) is 6.93. The average molecular weight is 727 g/mol. The van der Waals surface area contributed by atoms with Crippen molar-refractivity contribution in [3.8, 4) is 27.9 Å². The molecule has 3 nitrogen and oxygen atoms in total. The minimum Gasteiger partial charge on any atom is -0.456 e. The fraction of sp³-hybridized carbons (Fsp3) is 0. The summed E-state index contributed by atoms with van der Waals surface area (Å²) in [6, 6.07) is 70.1. The third-order valence-corrected chi connectivity index (χ3v) is 11.7. The fourth-order valence-electron chi connectivity index (χ4n) is 9.10. The van der Waals surface area contributed by atoms with E-state index in [0.29, 0.717) is 0 Å². The Hall–Kier alpha value is -7.62. The smallest absolute Gasteiger partial charge is 0.136 e. The van der Waals surface area contributed by atoms with Gasteiger partial charge in [-0.05, 0) is 99.3 Å². The zero-order chi connectivity index (χ0) is 37.5. The first kappa shape index (κ1) is 31.7. The summed E-state index contributed by atoms with van der Waals surface area (Å²) in [5.41, 5.74) is 15.9. The highest BCUT2D eigenvalue weighted by Gasteiger charge is 2.23. The van der Waals surface area contributed by atoms with Crippen LogP contribution < -0.4 is 4.90 Å². The number of benzene rings is 9. The number of hydrogen-bond donors (Lipinski definition) is 0. The molecule has 0 saturated heterocycles. The van der Waals surface area contributed by atoms with Crippen LogP contribution in [0.25, 0.3) is 94.6 Å². The third kappa shape index (κ3) is 4.92. The second-order valence-corrected chi connectivity index (χ2v) is 14.9. The van der Waals surface area contributed by atoms with Crippen molar-refractivity contribution < 1.29 is 4.42 Å². The second-order valence-electron chi connectivity index (χ2n) is 14.9. The van der Waals surface area contributed by atoms with Crippen LogP contribution >= 0.6 is 0 Å². The van der Waals surface area contributed by atoms with Gasteiger partial charge in [0.15, 0.2) is 0 Å². The first-order valence-corrected chi connectivity index (χ1v) is 19.5. The largest absolute Gasteiger partial charge is 0.456 e. The maximum Gasteiger partial charge on any atom is 0.136 e. The summed E-state index contributed by atoms with van der Waals surface area (Å²) in [5.74, 6) is 0. The maximum atomic E-state index is 6.25. The highest BCUT2D eigenvalue weighted by molar-refractivity contribution is 6.14. The van der Waals surface area contributed by atoms with E-state index >= 15 is 0 Å². The number of fused-ring (bicyclic) bond motifs is 9. The first-order chi connectivity index (χ1) is 28.3. The lowest BCUT2D eigenvalue weighted by Gasteiger charge is -2.28. The first-order valence-electron chi connectivity index (χ1n) is 19.5. The van der Waals surface area contributed by atoms with Crippen LogP contribution in [0, 0.1) is 0 Å². The molecule has 0 saturated carbocycles. The maximum absolute atomic E-state index is 6.25. The minimum absolute atomic E-state index is 0.914. The second kappa shape index (κ2) is 12.5. The zero-order valence-electron chi connectivity index (χ0n) is 30.9. The van der Waals surface area contributed by atoms with Gasteiger partial charge >= 0.3 is 0 Å². The molecular formula is C54H34N2O. The van der Waals surface area contributed by atoms with E-state index in [4.69, 9.17) is 4.42 Å². The number of hydrogen-bond acceptors (Lipinski definition) is 2. The van der Waals surface area contributed by atoms with Gasteiger partial charge in [-0.25, -0.2) is 0 Å². The number of para-hydroxylation sites is 3. The number of anilines is 3. The van der Waals surface area contributed by atoms with E-state index in [0.717, 1.165) is 55.6 Å². The molecule has 0 radical (unpaired) electrons. The lowest BCUT2D eigenvalue weighted by Crippen LogP contribution is -2.12. The highest BCUT2D eigenvalue weighted by atomic mass is 16.3.